The van der Waals surface area contributed by atoms with Crippen molar-refractivity contribution in [3.63, 3.8) is 0 Å². The van der Waals surface area contributed by atoms with Crippen molar-refractivity contribution in [2.24, 2.45) is 0 Å². The molecule has 3 rings (SSSR count). The van der Waals surface area contributed by atoms with Gasteiger partial charge in [-0.3, -0.25) is 0 Å². The number of nitriles is 1. The zero-order chi connectivity index (χ0) is 19.9. The van der Waals surface area contributed by atoms with Crippen LogP contribution in [0.25, 0.3) is 11.6 Å². The highest BCUT2D eigenvalue weighted by molar-refractivity contribution is 6.32. The topological polar surface area (TPSA) is 42.2 Å². The standard InChI is InChI=1S/C23H17Cl2NO2/c1-27-21-8-6-18(7-9-21)19(14-26)11-16-5-10-23(22(25)13-16)28-15-17-3-2-4-20(24)12-17/h2-13H,15H2,1H3/b19-11+. The van der Waals surface area contributed by atoms with Crippen LogP contribution in [0.2, 0.25) is 10.0 Å². The lowest BCUT2D eigenvalue weighted by Gasteiger charge is -2.09. The van der Waals surface area contributed by atoms with Gasteiger partial charge < -0.3 is 9.47 Å². The fourth-order valence-corrected chi connectivity index (χ4v) is 3.09. The van der Waals surface area contributed by atoms with Crippen LogP contribution in [0.15, 0.2) is 66.7 Å². The Morgan fingerprint density at radius 2 is 1.82 bits per heavy atom. The maximum Gasteiger partial charge on any atom is 0.138 e. The molecule has 28 heavy (non-hydrogen) atoms. The van der Waals surface area contributed by atoms with Gasteiger partial charge in [0.1, 0.15) is 18.1 Å². The van der Waals surface area contributed by atoms with E-state index in [4.69, 9.17) is 32.7 Å². The molecular formula is C23H17Cl2NO2. The minimum absolute atomic E-state index is 0.366. The zero-order valence-corrected chi connectivity index (χ0v) is 16.7. The summed E-state index contributed by atoms with van der Waals surface area (Å²) in [7, 11) is 1.61. The maximum absolute atomic E-state index is 9.51. The van der Waals surface area contributed by atoms with Gasteiger partial charge in [0.05, 0.1) is 23.8 Å². The number of halogens is 2. The van der Waals surface area contributed by atoms with E-state index in [9.17, 15) is 5.26 Å². The fraction of sp³-hybridized carbons (Fsp3) is 0.0870. The molecule has 0 aromatic heterocycles. The number of nitrogens with zero attached hydrogens (tertiary/aromatic N) is 1. The second-order valence-electron chi connectivity index (χ2n) is 6.01. The number of benzene rings is 3. The molecule has 140 valence electrons. The summed E-state index contributed by atoms with van der Waals surface area (Å²) in [6, 6.07) is 22.5. The van der Waals surface area contributed by atoms with Crippen LogP contribution in [0.3, 0.4) is 0 Å². The molecule has 5 heteroatoms. The van der Waals surface area contributed by atoms with Crippen molar-refractivity contribution >= 4 is 34.9 Å². The summed E-state index contributed by atoms with van der Waals surface area (Å²) in [6.45, 7) is 0.366. The number of ether oxygens (including phenoxy) is 2. The Morgan fingerprint density at radius 1 is 1.04 bits per heavy atom. The van der Waals surface area contributed by atoms with Gasteiger partial charge in [-0.2, -0.15) is 5.26 Å². The average molecular weight is 410 g/mol. The van der Waals surface area contributed by atoms with Crippen molar-refractivity contribution in [1.82, 2.24) is 0 Å². The van der Waals surface area contributed by atoms with Crippen LogP contribution in [0.4, 0.5) is 0 Å². The predicted molar refractivity (Wildman–Crippen MR) is 114 cm³/mol. The third-order valence-corrected chi connectivity index (χ3v) is 4.60. The van der Waals surface area contributed by atoms with E-state index in [1.807, 2.05) is 54.6 Å². The number of hydrogen-bond donors (Lipinski definition) is 0. The van der Waals surface area contributed by atoms with Gasteiger partial charge in [-0.25, -0.2) is 0 Å². The number of methoxy groups -OCH3 is 1. The van der Waals surface area contributed by atoms with E-state index in [1.165, 1.54) is 0 Å². The van der Waals surface area contributed by atoms with Gasteiger partial charge in [-0.15, -0.1) is 0 Å². The third kappa shape index (κ3) is 5.07. The molecule has 0 fully saturated rings. The quantitative estimate of drug-likeness (QED) is 0.338. The molecule has 0 radical (unpaired) electrons. The normalized spacial score (nSPS) is 11.0. The molecule has 0 heterocycles. The molecule has 0 unspecified atom stereocenters. The first-order valence-electron chi connectivity index (χ1n) is 8.52. The number of hydrogen-bond acceptors (Lipinski definition) is 3. The second-order valence-corrected chi connectivity index (χ2v) is 6.85. The van der Waals surface area contributed by atoms with Crippen molar-refractivity contribution in [3.05, 3.63) is 93.5 Å². The van der Waals surface area contributed by atoms with Crippen molar-refractivity contribution in [2.75, 3.05) is 7.11 Å². The summed E-state index contributed by atoms with van der Waals surface area (Å²) in [4.78, 5) is 0. The lowest BCUT2D eigenvalue weighted by molar-refractivity contribution is 0.306. The minimum atomic E-state index is 0.366. The Kier molecular flexibility index (Phi) is 6.60. The summed E-state index contributed by atoms with van der Waals surface area (Å²) in [6.07, 6.45) is 1.79. The molecule has 0 aliphatic carbocycles. The van der Waals surface area contributed by atoms with Gasteiger partial charge in [0.25, 0.3) is 0 Å². The Bertz CT molecular complexity index is 1040. The molecule has 0 aliphatic rings. The van der Waals surface area contributed by atoms with E-state index in [0.717, 1.165) is 22.4 Å². The zero-order valence-electron chi connectivity index (χ0n) is 15.2. The maximum atomic E-state index is 9.51. The first kappa shape index (κ1) is 19.8. The minimum Gasteiger partial charge on any atom is -0.497 e. The largest absolute Gasteiger partial charge is 0.497 e. The molecule has 0 saturated heterocycles. The van der Waals surface area contributed by atoms with Crippen LogP contribution in [-0.2, 0) is 6.61 Å². The van der Waals surface area contributed by atoms with Gasteiger partial charge in [0, 0.05) is 5.02 Å². The Morgan fingerprint density at radius 3 is 2.46 bits per heavy atom. The lowest BCUT2D eigenvalue weighted by Crippen LogP contribution is -1.96. The SMILES string of the molecule is COc1ccc(/C(C#N)=C/c2ccc(OCc3cccc(Cl)c3)c(Cl)c2)cc1. The van der Waals surface area contributed by atoms with E-state index < -0.39 is 0 Å². The van der Waals surface area contributed by atoms with Crippen LogP contribution < -0.4 is 9.47 Å². The summed E-state index contributed by atoms with van der Waals surface area (Å²) >= 11 is 12.3. The van der Waals surface area contributed by atoms with Gasteiger partial charge in [0.2, 0.25) is 0 Å². The van der Waals surface area contributed by atoms with Gasteiger partial charge in [-0.05, 0) is 71.3 Å². The van der Waals surface area contributed by atoms with E-state index in [-0.39, 0.29) is 0 Å². The molecule has 3 nitrogen and oxygen atoms in total. The van der Waals surface area contributed by atoms with Gasteiger partial charge in [-0.1, -0.05) is 41.4 Å². The average Bonchev–Trinajstić information content (AvgIpc) is 2.71. The molecule has 0 N–H and O–H groups in total. The summed E-state index contributed by atoms with van der Waals surface area (Å²) in [5, 5.41) is 10.6. The molecule has 0 amide bonds. The smallest absolute Gasteiger partial charge is 0.138 e. The van der Waals surface area contributed by atoms with Crippen molar-refractivity contribution in [1.29, 1.82) is 5.26 Å². The summed E-state index contributed by atoms with van der Waals surface area (Å²) in [5.74, 6) is 1.31. The molecule has 3 aromatic rings. The van der Waals surface area contributed by atoms with E-state index in [0.29, 0.717) is 28.0 Å². The lowest BCUT2D eigenvalue weighted by atomic mass is 10.0. The molecule has 0 aliphatic heterocycles. The van der Waals surface area contributed by atoms with E-state index in [2.05, 4.69) is 6.07 Å². The number of rotatable bonds is 6. The molecule has 0 bridgehead atoms. The van der Waals surface area contributed by atoms with Crippen LogP contribution in [0, 0.1) is 11.3 Å². The monoisotopic (exact) mass is 409 g/mol. The van der Waals surface area contributed by atoms with E-state index in [1.54, 1.807) is 25.3 Å². The van der Waals surface area contributed by atoms with E-state index >= 15 is 0 Å². The predicted octanol–water partition coefficient (Wildman–Crippen LogP) is 6.65. The molecule has 0 saturated carbocycles. The fourth-order valence-electron chi connectivity index (χ4n) is 2.63. The second kappa shape index (κ2) is 9.32. The summed E-state index contributed by atoms with van der Waals surface area (Å²) in [5.41, 5.74) is 3.11. The van der Waals surface area contributed by atoms with Gasteiger partial charge in [0.15, 0.2) is 0 Å². The highest BCUT2D eigenvalue weighted by atomic mass is 35.5. The molecule has 3 aromatic carbocycles. The van der Waals surface area contributed by atoms with Crippen molar-refractivity contribution in [2.45, 2.75) is 6.61 Å². The van der Waals surface area contributed by atoms with Crippen LogP contribution >= 0.6 is 23.2 Å². The van der Waals surface area contributed by atoms with Crippen LogP contribution in [0.1, 0.15) is 16.7 Å². The number of allylic oxidation sites excluding steroid dienone is 1. The highest BCUT2D eigenvalue weighted by Gasteiger charge is 2.06. The molecule has 0 spiro atoms. The Labute approximate surface area is 174 Å². The third-order valence-electron chi connectivity index (χ3n) is 4.07. The highest BCUT2D eigenvalue weighted by Crippen LogP contribution is 2.29. The molecule has 0 atom stereocenters. The Balaban J connectivity index is 1.76. The first-order chi connectivity index (χ1) is 13.6. The van der Waals surface area contributed by atoms with Crippen molar-refractivity contribution < 1.29 is 9.47 Å². The Hall–Kier alpha value is -2.93. The van der Waals surface area contributed by atoms with Crippen LogP contribution in [-0.4, -0.2) is 7.11 Å². The van der Waals surface area contributed by atoms with Crippen molar-refractivity contribution in [3.8, 4) is 17.6 Å². The van der Waals surface area contributed by atoms with Gasteiger partial charge >= 0.3 is 0 Å². The first-order valence-corrected chi connectivity index (χ1v) is 9.27. The summed E-state index contributed by atoms with van der Waals surface area (Å²) < 4.78 is 10.9. The van der Waals surface area contributed by atoms with Crippen LogP contribution in [0.5, 0.6) is 11.5 Å². The molecular weight excluding hydrogens is 393 g/mol.